The van der Waals surface area contributed by atoms with Crippen molar-refractivity contribution in [2.75, 3.05) is 13.7 Å². The quantitative estimate of drug-likeness (QED) is 0.448. The fourth-order valence-corrected chi connectivity index (χ4v) is 1.80. The molecule has 0 bridgehead atoms. The van der Waals surface area contributed by atoms with Gasteiger partial charge in [0.15, 0.2) is 18.1 Å². The Morgan fingerprint density at radius 3 is 2.68 bits per heavy atom. The molecule has 0 aliphatic carbocycles. The molecule has 2 rings (SSSR count). The van der Waals surface area contributed by atoms with Crippen LogP contribution in [0.3, 0.4) is 0 Å². The Morgan fingerprint density at radius 1 is 1.32 bits per heavy atom. The minimum absolute atomic E-state index is 0.000170. The molecule has 9 nitrogen and oxygen atoms in total. The topological polar surface area (TPSA) is 123 Å². The number of rotatable bonds is 7. The van der Waals surface area contributed by atoms with Gasteiger partial charge in [-0.25, -0.2) is 5.43 Å². The molecule has 0 aliphatic rings. The van der Waals surface area contributed by atoms with E-state index < -0.39 is 10.8 Å². The number of methoxy groups -OCH3 is 1. The van der Waals surface area contributed by atoms with Gasteiger partial charge in [-0.2, -0.15) is 5.10 Å². The largest absolute Gasteiger partial charge is 0.504 e. The van der Waals surface area contributed by atoms with E-state index in [0.29, 0.717) is 11.3 Å². The normalized spacial score (nSPS) is 10.4. The number of carbonyl (C=O) groups is 1. The number of phenols is 1. The molecule has 0 heterocycles. The molecule has 0 saturated heterocycles. The molecule has 0 aromatic heterocycles. The lowest BCUT2D eigenvalue weighted by atomic mass is 10.2. The Kier molecular flexibility index (Phi) is 5.88. The highest BCUT2D eigenvalue weighted by atomic mass is 16.6. The molecule has 2 aromatic carbocycles. The number of hydrogen-bond acceptors (Lipinski definition) is 7. The highest BCUT2D eigenvalue weighted by Gasteiger charge is 2.06. The van der Waals surface area contributed by atoms with E-state index in [1.807, 2.05) is 0 Å². The SMILES string of the molecule is COc1cc(/C=N\NC(=O)COc2ccc([N+](=O)[O-])cc2)ccc1O. The first-order valence-electron chi connectivity index (χ1n) is 7.06. The van der Waals surface area contributed by atoms with Crippen LogP contribution in [0.1, 0.15) is 5.56 Å². The van der Waals surface area contributed by atoms with E-state index in [4.69, 9.17) is 9.47 Å². The molecular formula is C16H15N3O6. The van der Waals surface area contributed by atoms with Crippen LogP contribution in [0, 0.1) is 10.1 Å². The number of ether oxygens (including phenoxy) is 2. The second-order valence-corrected chi connectivity index (χ2v) is 4.76. The predicted octanol–water partition coefficient (Wildman–Crippen LogP) is 1.84. The number of hydrogen-bond donors (Lipinski definition) is 2. The molecule has 0 radical (unpaired) electrons. The molecule has 2 N–H and O–H groups in total. The zero-order valence-electron chi connectivity index (χ0n) is 13.2. The van der Waals surface area contributed by atoms with E-state index in [0.717, 1.165) is 0 Å². The number of phenolic OH excluding ortho intramolecular Hbond substituents is 1. The summed E-state index contributed by atoms with van der Waals surface area (Å²) in [6.45, 7) is -0.298. The van der Waals surface area contributed by atoms with Crippen molar-refractivity contribution in [1.82, 2.24) is 5.43 Å². The van der Waals surface area contributed by atoms with Crippen molar-refractivity contribution in [3.05, 3.63) is 58.1 Å². The van der Waals surface area contributed by atoms with E-state index in [2.05, 4.69) is 10.5 Å². The summed E-state index contributed by atoms with van der Waals surface area (Å²) in [5, 5.41) is 23.8. The van der Waals surface area contributed by atoms with Gasteiger partial charge in [0.25, 0.3) is 11.6 Å². The van der Waals surface area contributed by atoms with E-state index >= 15 is 0 Å². The summed E-state index contributed by atoms with van der Waals surface area (Å²) < 4.78 is 10.2. The van der Waals surface area contributed by atoms with Gasteiger partial charge >= 0.3 is 0 Å². The van der Waals surface area contributed by atoms with Crippen LogP contribution in [0.15, 0.2) is 47.6 Å². The number of nitrogens with one attached hydrogen (secondary N) is 1. The molecule has 1 amide bonds. The van der Waals surface area contributed by atoms with Crippen LogP contribution in [0.4, 0.5) is 5.69 Å². The van der Waals surface area contributed by atoms with E-state index in [-0.39, 0.29) is 23.8 Å². The molecule has 0 unspecified atom stereocenters. The van der Waals surface area contributed by atoms with Crippen molar-refractivity contribution in [1.29, 1.82) is 0 Å². The van der Waals surface area contributed by atoms with Crippen molar-refractivity contribution in [3.63, 3.8) is 0 Å². The molecule has 2 aromatic rings. The smallest absolute Gasteiger partial charge is 0.277 e. The second kappa shape index (κ2) is 8.29. The molecule has 0 aliphatic heterocycles. The van der Waals surface area contributed by atoms with Crippen LogP contribution < -0.4 is 14.9 Å². The summed E-state index contributed by atoms with van der Waals surface area (Å²) in [5.41, 5.74) is 2.83. The Hall–Kier alpha value is -3.62. The maximum Gasteiger partial charge on any atom is 0.277 e. The third-order valence-electron chi connectivity index (χ3n) is 3.02. The van der Waals surface area contributed by atoms with Gasteiger partial charge in [0, 0.05) is 12.1 Å². The van der Waals surface area contributed by atoms with Crippen LogP contribution in [-0.2, 0) is 4.79 Å². The van der Waals surface area contributed by atoms with Gasteiger partial charge in [-0.3, -0.25) is 14.9 Å². The zero-order valence-corrected chi connectivity index (χ0v) is 13.2. The molecule has 0 saturated carbocycles. The summed E-state index contributed by atoms with van der Waals surface area (Å²) in [6.07, 6.45) is 1.38. The number of nitrogens with zero attached hydrogens (tertiary/aromatic N) is 2. The van der Waals surface area contributed by atoms with Crippen LogP contribution in [0.2, 0.25) is 0 Å². The first-order valence-corrected chi connectivity index (χ1v) is 7.06. The number of carbonyl (C=O) groups excluding carboxylic acids is 1. The van der Waals surface area contributed by atoms with Crippen LogP contribution >= 0.6 is 0 Å². The number of aromatic hydroxyl groups is 1. The van der Waals surface area contributed by atoms with Gasteiger partial charge in [-0.05, 0) is 35.9 Å². The summed E-state index contributed by atoms with van der Waals surface area (Å²) >= 11 is 0. The second-order valence-electron chi connectivity index (χ2n) is 4.76. The summed E-state index contributed by atoms with van der Waals surface area (Å²) in [5.74, 6) is 0.116. The lowest BCUT2D eigenvalue weighted by molar-refractivity contribution is -0.384. The van der Waals surface area contributed by atoms with Gasteiger partial charge in [0.1, 0.15) is 5.75 Å². The lowest BCUT2D eigenvalue weighted by Gasteiger charge is -2.05. The molecule has 0 atom stereocenters. The summed E-state index contributed by atoms with van der Waals surface area (Å²) in [7, 11) is 1.42. The molecule has 25 heavy (non-hydrogen) atoms. The van der Waals surface area contributed by atoms with Crippen LogP contribution in [-0.4, -0.2) is 35.9 Å². The molecular weight excluding hydrogens is 330 g/mol. The zero-order chi connectivity index (χ0) is 18.2. The van der Waals surface area contributed by atoms with E-state index in [1.165, 1.54) is 43.7 Å². The molecule has 9 heteroatoms. The molecule has 0 fully saturated rings. The summed E-state index contributed by atoms with van der Waals surface area (Å²) in [6, 6.07) is 9.96. The Morgan fingerprint density at radius 2 is 2.04 bits per heavy atom. The first kappa shape index (κ1) is 17.7. The van der Waals surface area contributed by atoms with Gasteiger partial charge in [-0.15, -0.1) is 0 Å². The van der Waals surface area contributed by atoms with Gasteiger partial charge < -0.3 is 14.6 Å². The number of amides is 1. The van der Waals surface area contributed by atoms with Crippen LogP contribution in [0.25, 0.3) is 0 Å². The van der Waals surface area contributed by atoms with Crippen molar-refractivity contribution < 1.29 is 24.3 Å². The van der Waals surface area contributed by atoms with Crippen molar-refractivity contribution >= 4 is 17.8 Å². The number of benzene rings is 2. The van der Waals surface area contributed by atoms with Crippen molar-refractivity contribution in [2.24, 2.45) is 5.10 Å². The standard InChI is InChI=1S/C16H15N3O6/c1-24-15-8-11(2-7-14(15)20)9-17-18-16(21)10-25-13-5-3-12(4-6-13)19(22)23/h2-9,20H,10H2,1H3,(H,18,21)/b17-9-. The molecule has 0 spiro atoms. The van der Waals surface area contributed by atoms with Crippen LogP contribution in [0.5, 0.6) is 17.2 Å². The number of nitro groups is 1. The van der Waals surface area contributed by atoms with Gasteiger partial charge in [0.05, 0.1) is 18.2 Å². The minimum atomic E-state index is -0.524. The van der Waals surface area contributed by atoms with E-state index in [1.54, 1.807) is 12.1 Å². The Bertz CT molecular complexity index is 789. The van der Waals surface area contributed by atoms with Crippen molar-refractivity contribution in [2.45, 2.75) is 0 Å². The number of non-ortho nitro benzene ring substituents is 1. The Labute approximate surface area is 142 Å². The fourth-order valence-electron chi connectivity index (χ4n) is 1.80. The Balaban J connectivity index is 1.83. The molecule has 130 valence electrons. The maximum atomic E-state index is 11.6. The number of nitro benzene ring substituents is 1. The number of hydrazone groups is 1. The van der Waals surface area contributed by atoms with Crippen molar-refractivity contribution in [3.8, 4) is 17.2 Å². The first-order chi connectivity index (χ1) is 12.0. The highest BCUT2D eigenvalue weighted by Crippen LogP contribution is 2.25. The summed E-state index contributed by atoms with van der Waals surface area (Å²) in [4.78, 5) is 21.6. The van der Waals surface area contributed by atoms with Gasteiger partial charge in [0.2, 0.25) is 0 Å². The predicted molar refractivity (Wildman–Crippen MR) is 89.0 cm³/mol. The average molecular weight is 345 g/mol. The maximum absolute atomic E-state index is 11.6. The van der Waals surface area contributed by atoms with Gasteiger partial charge in [-0.1, -0.05) is 0 Å². The third kappa shape index (κ3) is 5.20. The fraction of sp³-hybridized carbons (Fsp3) is 0.125. The minimum Gasteiger partial charge on any atom is -0.504 e. The highest BCUT2D eigenvalue weighted by molar-refractivity contribution is 5.83. The third-order valence-corrected chi connectivity index (χ3v) is 3.02. The monoisotopic (exact) mass is 345 g/mol. The lowest BCUT2D eigenvalue weighted by Crippen LogP contribution is -2.24. The average Bonchev–Trinajstić information content (AvgIpc) is 2.61. The van der Waals surface area contributed by atoms with E-state index in [9.17, 15) is 20.0 Å².